The Morgan fingerprint density at radius 2 is 1.71 bits per heavy atom. The maximum Gasteiger partial charge on any atom is 0.207 e. The second-order valence-electron chi connectivity index (χ2n) is 8.22. The summed E-state index contributed by atoms with van der Waals surface area (Å²) in [6.07, 6.45) is 4.54. The quantitative estimate of drug-likeness (QED) is 0.116. The van der Waals surface area contributed by atoms with Crippen molar-refractivity contribution in [1.82, 2.24) is 16.2 Å². The predicted octanol–water partition coefficient (Wildman–Crippen LogP) is 5.05. The van der Waals surface area contributed by atoms with E-state index in [-0.39, 0.29) is 6.61 Å². The molecule has 0 saturated heterocycles. The summed E-state index contributed by atoms with van der Waals surface area (Å²) in [6, 6.07) is 13.8. The van der Waals surface area contributed by atoms with Crippen LogP contribution in [0.2, 0.25) is 5.02 Å². The van der Waals surface area contributed by atoms with Gasteiger partial charge in [0.15, 0.2) is 0 Å². The van der Waals surface area contributed by atoms with Crippen molar-refractivity contribution in [2.75, 3.05) is 26.8 Å². The number of amides is 1. The van der Waals surface area contributed by atoms with Crippen LogP contribution in [0.15, 0.2) is 53.7 Å². The molecule has 0 aromatic heterocycles. The van der Waals surface area contributed by atoms with Crippen LogP contribution < -0.4 is 20.9 Å². The fourth-order valence-corrected chi connectivity index (χ4v) is 2.70. The molecule has 0 heterocycles. The summed E-state index contributed by atoms with van der Waals surface area (Å²) < 4.78 is 5.26. The van der Waals surface area contributed by atoms with E-state index in [4.69, 9.17) is 21.4 Å². The van der Waals surface area contributed by atoms with E-state index in [0.717, 1.165) is 22.6 Å². The van der Waals surface area contributed by atoms with Crippen LogP contribution in [-0.2, 0) is 4.79 Å². The van der Waals surface area contributed by atoms with Gasteiger partial charge >= 0.3 is 0 Å². The highest BCUT2D eigenvalue weighted by Crippen LogP contribution is 2.24. The third-order valence-electron chi connectivity index (χ3n) is 4.17. The molecule has 0 aliphatic rings. The molecule has 0 spiro atoms. The van der Waals surface area contributed by atoms with E-state index >= 15 is 0 Å². The number of ether oxygens (including phenoxy) is 1. The number of carbonyl (C=O) groups is 1. The van der Waals surface area contributed by atoms with Crippen LogP contribution in [0.3, 0.4) is 0 Å². The molecule has 0 fully saturated rings. The minimum Gasteiger partial charge on any atom is -0.492 e. The molecule has 0 unspecified atom stereocenters. The van der Waals surface area contributed by atoms with Crippen LogP contribution in [0, 0.1) is 13.8 Å². The normalized spacial score (nSPS) is 10.7. The summed E-state index contributed by atoms with van der Waals surface area (Å²) in [5.41, 5.74) is 8.87. The SMILES string of the molecule is CC.CCOc1ccc(C)cc1Cl.CNN/C=C(/N=CC(C)(C)O)c1ccc(C)cc1.O=CNCCCO. The van der Waals surface area contributed by atoms with Gasteiger partial charge in [0.1, 0.15) is 5.75 Å². The highest BCUT2D eigenvalue weighted by atomic mass is 35.5. The molecule has 5 N–H and O–H groups in total. The van der Waals surface area contributed by atoms with Crippen LogP contribution in [0.4, 0.5) is 0 Å². The number of carbonyl (C=O) groups excluding carboxylic acids is 1. The minimum atomic E-state index is -0.927. The fourth-order valence-electron chi connectivity index (χ4n) is 2.41. The van der Waals surface area contributed by atoms with Gasteiger partial charge in [0.2, 0.25) is 6.41 Å². The Morgan fingerprint density at radius 3 is 2.18 bits per heavy atom. The van der Waals surface area contributed by atoms with Gasteiger partial charge in [-0.15, -0.1) is 0 Å². The zero-order valence-corrected chi connectivity index (χ0v) is 24.9. The monoisotopic (exact) mass is 550 g/mol. The van der Waals surface area contributed by atoms with Crippen LogP contribution in [-0.4, -0.2) is 55.2 Å². The van der Waals surface area contributed by atoms with Gasteiger partial charge in [-0.3, -0.25) is 9.79 Å². The number of aliphatic hydroxyl groups excluding tert-OH is 1. The molecule has 2 aromatic carbocycles. The number of aliphatic hydroxyl groups is 2. The largest absolute Gasteiger partial charge is 0.492 e. The average Bonchev–Trinajstić information content (AvgIpc) is 2.88. The third-order valence-corrected chi connectivity index (χ3v) is 4.47. The molecule has 0 bridgehead atoms. The lowest BCUT2D eigenvalue weighted by Gasteiger charge is -2.11. The van der Waals surface area contributed by atoms with Crippen molar-refractivity contribution in [3.63, 3.8) is 0 Å². The van der Waals surface area contributed by atoms with Crippen LogP contribution >= 0.6 is 11.6 Å². The molecule has 0 aliphatic heterocycles. The second-order valence-corrected chi connectivity index (χ2v) is 8.63. The first kappa shape index (κ1) is 37.2. The molecular formula is C29H47ClN4O4. The van der Waals surface area contributed by atoms with Crippen LogP contribution in [0.1, 0.15) is 57.7 Å². The summed E-state index contributed by atoms with van der Waals surface area (Å²) in [4.78, 5) is 13.8. The lowest BCUT2D eigenvalue weighted by atomic mass is 10.1. The number of halogens is 1. The van der Waals surface area contributed by atoms with E-state index < -0.39 is 5.60 Å². The zero-order chi connectivity index (χ0) is 29.4. The Kier molecular flexibility index (Phi) is 22.8. The van der Waals surface area contributed by atoms with E-state index in [1.54, 1.807) is 27.1 Å². The standard InChI is InChI=1S/C14H21N3O.C9H11ClO.C4H9NO2.C2H6/c1-11-5-7-12(8-6-11)13(9-17-15-4)16-10-14(2,3)18;1-3-11-9-5-4-7(2)6-8(9)10;6-3-1-2-5-4-7;1-2/h5-10,15,17-18H,1-4H3;4-6H,3H2,1-2H3;4,6H,1-3H2,(H,5,7);1-2H3/b13-9+,16-10?;;;. The highest BCUT2D eigenvalue weighted by molar-refractivity contribution is 6.32. The van der Waals surface area contributed by atoms with Crippen molar-refractivity contribution in [3.05, 3.63) is 70.4 Å². The van der Waals surface area contributed by atoms with Gasteiger partial charge in [-0.1, -0.05) is 61.3 Å². The van der Waals surface area contributed by atoms with Gasteiger partial charge < -0.3 is 25.7 Å². The van der Waals surface area contributed by atoms with Gasteiger partial charge in [-0.25, -0.2) is 5.43 Å². The zero-order valence-electron chi connectivity index (χ0n) is 24.1. The van der Waals surface area contributed by atoms with E-state index in [1.807, 2.05) is 77.1 Å². The van der Waals surface area contributed by atoms with Gasteiger partial charge in [0.25, 0.3) is 0 Å². The van der Waals surface area contributed by atoms with E-state index in [1.165, 1.54) is 11.8 Å². The third kappa shape index (κ3) is 20.2. The number of rotatable bonds is 11. The van der Waals surface area contributed by atoms with Crippen LogP contribution in [0.25, 0.3) is 5.70 Å². The van der Waals surface area contributed by atoms with E-state index in [9.17, 15) is 9.90 Å². The number of hydrogen-bond acceptors (Lipinski definition) is 7. The molecule has 38 heavy (non-hydrogen) atoms. The maximum absolute atomic E-state index is 9.67. The molecule has 1 amide bonds. The second kappa shape index (κ2) is 23.2. The summed E-state index contributed by atoms with van der Waals surface area (Å²) in [5, 5.41) is 20.9. The molecule has 8 nitrogen and oxygen atoms in total. The molecule has 0 radical (unpaired) electrons. The minimum absolute atomic E-state index is 0.140. The number of nitrogens with zero attached hydrogens (tertiary/aromatic N) is 1. The van der Waals surface area contributed by atoms with Crippen molar-refractivity contribution >= 4 is 29.9 Å². The Hall–Kier alpha value is -2.91. The Labute approximate surface area is 234 Å². The summed E-state index contributed by atoms with van der Waals surface area (Å²) >= 11 is 5.88. The van der Waals surface area contributed by atoms with Gasteiger partial charge in [-0.2, -0.15) is 0 Å². The molecule has 2 aromatic rings. The molecule has 9 heteroatoms. The number of hydrogen-bond donors (Lipinski definition) is 5. The number of aliphatic imine (C=N–C) groups is 1. The number of nitrogens with one attached hydrogen (secondary N) is 3. The molecule has 0 aliphatic carbocycles. The van der Waals surface area contributed by atoms with Gasteiger partial charge in [0, 0.05) is 38.2 Å². The van der Waals surface area contributed by atoms with Crippen LogP contribution in [0.5, 0.6) is 5.75 Å². The maximum atomic E-state index is 9.67. The molecule has 0 saturated carbocycles. The number of benzene rings is 2. The Morgan fingerprint density at radius 1 is 1.11 bits per heavy atom. The van der Waals surface area contributed by atoms with Crippen molar-refractivity contribution in [2.45, 2.75) is 60.5 Å². The summed E-state index contributed by atoms with van der Waals surface area (Å²) in [7, 11) is 1.78. The van der Waals surface area contributed by atoms with Crippen molar-refractivity contribution in [2.24, 2.45) is 4.99 Å². The lowest BCUT2D eigenvalue weighted by molar-refractivity contribution is -0.109. The molecular weight excluding hydrogens is 504 g/mol. The van der Waals surface area contributed by atoms with E-state index in [2.05, 4.69) is 21.2 Å². The highest BCUT2D eigenvalue weighted by Gasteiger charge is 2.08. The fraction of sp³-hybridized carbons (Fsp3) is 0.448. The summed E-state index contributed by atoms with van der Waals surface area (Å²) in [5.74, 6) is 0.764. The lowest BCUT2D eigenvalue weighted by Crippen LogP contribution is -2.22. The summed E-state index contributed by atoms with van der Waals surface area (Å²) in [6.45, 7) is 14.7. The number of hydrazine groups is 1. The van der Waals surface area contributed by atoms with Gasteiger partial charge in [-0.05, 0) is 58.7 Å². The first-order valence-electron chi connectivity index (χ1n) is 12.7. The first-order chi connectivity index (χ1) is 18.1. The molecule has 0 atom stereocenters. The van der Waals surface area contributed by atoms with Gasteiger partial charge in [0.05, 0.1) is 22.9 Å². The predicted molar refractivity (Wildman–Crippen MR) is 161 cm³/mol. The average molecular weight is 551 g/mol. The molecule has 2 rings (SSSR count). The topological polar surface area (TPSA) is 115 Å². The first-order valence-corrected chi connectivity index (χ1v) is 13.1. The van der Waals surface area contributed by atoms with Crippen molar-refractivity contribution < 1.29 is 19.7 Å². The molecule has 214 valence electrons. The smallest absolute Gasteiger partial charge is 0.207 e. The Balaban J connectivity index is 0. The van der Waals surface area contributed by atoms with Crippen molar-refractivity contribution in [1.29, 1.82) is 0 Å². The Bertz CT molecular complexity index is 927. The van der Waals surface area contributed by atoms with Crippen molar-refractivity contribution in [3.8, 4) is 5.75 Å². The number of aryl methyl sites for hydroxylation is 2. The van der Waals surface area contributed by atoms with E-state index in [0.29, 0.717) is 31.0 Å².